The van der Waals surface area contributed by atoms with Crippen LogP contribution in [0.4, 0.5) is 15.3 Å². The molecule has 6 aromatic rings. The van der Waals surface area contributed by atoms with E-state index in [0.29, 0.717) is 29.9 Å². The maximum absolute atomic E-state index is 12.3. The first-order valence-corrected chi connectivity index (χ1v) is 26.4. The second kappa shape index (κ2) is 23.0. The number of amides is 2. The minimum Gasteiger partial charge on any atom is -0.508 e. The molecule has 392 valence electrons. The monoisotopic (exact) mass is 1020 g/mol. The Hall–Kier alpha value is -6.03. The Balaban J connectivity index is 0.000000163. The quantitative estimate of drug-likeness (QED) is 0.142. The molecule has 16 heteroatoms. The molecule has 2 aromatic heterocycles. The maximum atomic E-state index is 12.3. The molecule has 10 rings (SSSR count). The number of ether oxygens (including phenoxy) is 4. The van der Waals surface area contributed by atoms with E-state index in [9.17, 15) is 19.8 Å². The van der Waals surface area contributed by atoms with Crippen LogP contribution in [0.2, 0.25) is 5.02 Å². The Morgan fingerprint density at radius 1 is 0.658 bits per heavy atom. The van der Waals surface area contributed by atoms with Crippen molar-refractivity contribution in [1.82, 2.24) is 29.4 Å². The molecular weight excluding hydrogens is 946 g/mol. The fraction of sp³-hybridized carbons (Fsp3) is 0.509. The topological polar surface area (TPSA) is 157 Å². The van der Waals surface area contributed by atoms with Crippen LogP contribution in [-0.4, -0.2) is 116 Å². The van der Waals surface area contributed by atoms with E-state index in [1.807, 2.05) is 87.4 Å². The molecule has 0 radical (unpaired) electrons. The second-order valence-corrected chi connectivity index (χ2v) is 22.3. The number of phenols is 2. The molecule has 0 aliphatic carbocycles. The zero-order chi connectivity index (χ0) is 52.0. The Kier molecular flexibility index (Phi) is 16.8. The molecule has 0 saturated carbocycles. The number of fused-ring (bicyclic) bond motifs is 2. The number of halogens is 1. The van der Waals surface area contributed by atoms with Crippen LogP contribution in [0.5, 0.6) is 11.5 Å². The fourth-order valence-corrected chi connectivity index (χ4v) is 10.0. The summed E-state index contributed by atoms with van der Waals surface area (Å²) < 4.78 is 26.6. The SMILES string of the molecule is CCCC1CN(C(=O)OC(C)(C)C)C1.CN(CC1CN(C(=O)OC(C)(C)C)C1)c1cc(-c2ccc(O)cc2)cc2c1cnn2C1CCCCO1.Oc1ccc(-c2cc(Cl)c3cnn(C4CCCCO4)c3c2)cc1. The first-order chi connectivity index (χ1) is 34.8. The molecule has 15 nitrogen and oxygen atoms in total. The predicted molar refractivity (Wildman–Crippen MR) is 287 cm³/mol. The molecule has 73 heavy (non-hydrogen) atoms. The van der Waals surface area contributed by atoms with Gasteiger partial charge in [-0.2, -0.15) is 10.2 Å². The van der Waals surface area contributed by atoms with Gasteiger partial charge in [-0.1, -0.05) is 49.2 Å². The molecule has 0 bridgehead atoms. The highest BCUT2D eigenvalue weighted by molar-refractivity contribution is 6.35. The van der Waals surface area contributed by atoms with Crippen molar-refractivity contribution in [2.24, 2.45) is 11.8 Å². The van der Waals surface area contributed by atoms with E-state index in [1.165, 1.54) is 12.8 Å². The van der Waals surface area contributed by atoms with Crippen LogP contribution in [-0.2, 0) is 18.9 Å². The van der Waals surface area contributed by atoms with Crippen LogP contribution < -0.4 is 4.90 Å². The van der Waals surface area contributed by atoms with Crippen molar-refractivity contribution < 1.29 is 38.7 Å². The van der Waals surface area contributed by atoms with E-state index >= 15 is 0 Å². The van der Waals surface area contributed by atoms with Gasteiger partial charge < -0.3 is 43.9 Å². The smallest absolute Gasteiger partial charge is 0.410 e. The van der Waals surface area contributed by atoms with Crippen LogP contribution >= 0.6 is 11.6 Å². The van der Waals surface area contributed by atoms with Crippen molar-refractivity contribution in [2.75, 3.05) is 57.9 Å². The zero-order valence-corrected chi connectivity index (χ0v) is 44.6. The number of hydrogen-bond donors (Lipinski definition) is 2. The van der Waals surface area contributed by atoms with Gasteiger partial charge in [0.1, 0.15) is 22.7 Å². The van der Waals surface area contributed by atoms with Crippen molar-refractivity contribution in [3.05, 3.63) is 90.2 Å². The summed E-state index contributed by atoms with van der Waals surface area (Å²) in [6.45, 7) is 19.0. The number of nitrogens with zero attached hydrogens (tertiary/aromatic N) is 7. The molecule has 4 aliphatic rings. The van der Waals surface area contributed by atoms with Crippen LogP contribution in [0.15, 0.2) is 85.2 Å². The van der Waals surface area contributed by atoms with Gasteiger partial charge in [0, 0.05) is 75.4 Å². The molecule has 2 unspecified atom stereocenters. The van der Waals surface area contributed by atoms with Crippen molar-refractivity contribution in [3.8, 4) is 33.8 Å². The van der Waals surface area contributed by atoms with E-state index in [0.717, 1.165) is 121 Å². The summed E-state index contributed by atoms with van der Waals surface area (Å²) in [5.41, 5.74) is 6.35. The number of likely N-dealkylation sites (tertiary alicyclic amines) is 2. The lowest BCUT2D eigenvalue weighted by Gasteiger charge is -2.41. The number of aromatic nitrogens is 4. The van der Waals surface area contributed by atoms with E-state index in [1.54, 1.807) is 40.3 Å². The molecule has 4 fully saturated rings. The maximum Gasteiger partial charge on any atom is 0.410 e. The highest BCUT2D eigenvalue weighted by Crippen LogP contribution is 2.38. The minimum absolute atomic E-state index is 0.0209. The third kappa shape index (κ3) is 13.6. The highest BCUT2D eigenvalue weighted by Gasteiger charge is 2.35. The normalized spacial score (nSPS) is 18.5. The molecule has 4 saturated heterocycles. The molecule has 0 spiro atoms. The third-order valence-corrected chi connectivity index (χ3v) is 13.8. The Bertz CT molecular complexity index is 2790. The van der Waals surface area contributed by atoms with Crippen LogP contribution in [0.3, 0.4) is 0 Å². The second-order valence-electron chi connectivity index (χ2n) is 21.9. The van der Waals surface area contributed by atoms with Crippen molar-refractivity contribution in [2.45, 2.75) is 123 Å². The van der Waals surface area contributed by atoms with Gasteiger partial charge in [-0.15, -0.1) is 0 Å². The first-order valence-electron chi connectivity index (χ1n) is 26.0. The molecule has 6 heterocycles. The summed E-state index contributed by atoms with van der Waals surface area (Å²) in [5.74, 6) is 1.57. The number of hydrogen-bond acceptors (Lipinski definition) is 11. The average molecular weight is 1020 g/mol. The molecule has 2 N–H and O–H groups in total. The number of carbonyl (C=O) groups excluding carboxylic acids is 2. The molecular formula is C57H74ClN7O8. The number of rotatable bonds is 9. The lowest BCUT2D eigenvalue weighted by molar-refractivity contribution is -0.0367. The van der Waals surface area contributed by atoms with Gasteiger partial charge in [0.05, 0.1) is 28.4 Å². The van der Waals surface area contributed by atoms with Gasteiger partial charge in [0.25, 0.3) is 0 Å². The summed E-state index contributed by atoms with van der Waals surface area (Å²) in [6.07, 6.45) is 12.1. The standard InChI is InChI=1S/C28H36N4O4.C18H17ClN2O2.C11H21NO2/c1-28(2,3)36-27(34)31-17-19(18-31)16-30(4)24-13-21(20-8-10-22(33)11-9-20)14-25-23(24)15-29-32(25)26-7-5-6-12-35-26;19-16-9-13(12-4-6-14(22)7-5-12)10-17-15(16)11-20-21(17)18-3-1-2-8-23-18;1-5-6-9-7-12(8-9)10(13)14-11(2,3)4/h8-11,13-15,19,26,33H,5-7,12,16-18H2,1-4H3;4-7,9-11,18,22H,1-3,8H2;9H,5-8H2,1-4H3. The van der Waals surface area contributed by atoms with Crippen LogP contribution in [0.1, 0.15) is 112 Å². The summed E-state index contributed by atoms with van der Waals surface area (Å²) >= 11 is 6.45. The van der Waals surface area contributed by atoms with Gasteiger partial charge in [0.15, 0.2) is 12.5 Å². The number of aromatic hydroxyl groups is 2. The third-order valence-electron chi connectivity index (χ3n) is 13.5. The zero-order valence-electron chi connectivity index (χ0n) is 43.9. The van der Waals surface area contributed by atoms with Crippen molar-refractivity contribution >= 4 is 51.3 Å². The fourth-order valence-electron chi connectivity index (χ4n) is 9.76. The Morgan fingerprint density at radius 3 is 1.56 bits per heavy atom. The number of benzene rings is 4. The van der Waals surface area contributed by atoms with E-state index < -0.39 is 5.60 Å². The Labute approximate surface area is 434 Å². The summed E-state index contributed by atoms with van der Waals surface area (Å²) in [4.78, 5) is 29.7. The van der Waals surface area contributed by atoms with Gasteiger partial charge in [-0.05, 0) is 163 Å². The first kappa shape index (κ1) is 53.3. The lowest BCUT2D eigenvalue weighted by Crippen LogP contribution is -2.54. The highest BCUT2D eigenvalue weighted by atomic mass is 35.5. The van der Waals surface area contributed by atoms with Crippen LogP contribution in [0, 0.1) is 11.8 Å². The van der Waals surface area contributed by atoms with E-state index in [2.05, 4.69) is 42.2 Å². The summed E-state index contributed by atoms with van der Waals surface area (Å²) in [7, 11) is 2.10. The predicted octanol–water partition coefficient (Wildman–Crippen LogP) is 12.8. The molecule has 2 amide bonds. The van der Waals surface area contributed by atoms with Crippen molar-refractivity contribution in [1.29, 1.82) is 0 Å². The average Bonchev–Trinajstić information content (AvgIpc) is 3.96. The van der Waals surface area contributed by atoms with Gasteiger partial charge in [0.2, 0.25) is 0 Å². The molecule has 4 aliphatic heterocycles. The van der Waals surface area contributed by atoms with E-state index in [-0.39, 0.29) is 41.7 Å². The number of anilines is 1. The summed E-state index contributed by atoms with van der Waals surface area (Å²) in [6, 6.07) is 22.8. The minimum atomic E-state index is -0.485. The number of carbonyl (C=O) groups is 2. The van der Waals surface area contributed by atoms with E-state index in [4.69, 9.17) is 35.6 Å². The molecule has 4 aromatic carbocycles. The lowest BCUT2D eigenvalue weighted by atomic mass is 9.96. The van der Waals surface area contributed by atoms with Gasteiger partial charge >= 0.3 is 12.2 Å². The number of phenolic OH excluding ortho intramolecular Hbond substituents is 2. The van der Waals surface area contributed by atoms with Gasteiger partial charge in [-0.3, -0.25) is 0 Å². The van der Waals surface area contributed by atoms with Crippen molar-refractivity contribution in [3.63, 3.8) is 0 Å². The largest absolute Gasteiger partial charge is 0.508 e. The van der Waals surface area contributed by atoms with Gasteiger partial charge in [-0.25, -0.2) is 19.0 Å². The summed E-state index contributed by atoms with van der Waals surface area (Å²) in [5, 5.41) is 31.2. The molecule has 2 atom stereocenters. The van der Waals surface area contributed by atoms with Crippen LogP contribution in [0.25, 0.3) is 44.1 Å². The Morgan fingerprint density at radius 2 is 1.11 bits per heavy atom.